The number of hydrogen-bond donors (Lipinski definition) is 1. The summed E-state index contributed by atoms with van der Waals surface area (Å²) in [4.78, 5) is 24.0. The zero-order valence-corrected chi connectivity index (χ0v) is 11.5. The van der Waals surface area contributed by atoms with E-state index in [4.69, 9.17) is 5.11 Å². The van der Waals surface area contributed by atoms with Crippen molar-refractivity contribution in [3.05, 3.63) is 0 Å². The van der Waals surface area contributed by atoms with Gasteiger partial charge in [-0.1, -0.05) is 0 Å². The molecule has 1 fully saturated rings. The van der Waals surface area contributed by atoms with E-state index < -0.39 is 34.0 Å². The number of likely N-dealkylation sites (N-methyl/N-ethyl adjacent to an activating group) is 1. The minimum absolute atomic E-state index is 0.310. The number of amides is 1. The standard InChI is InChI=1S/C10H18N2O5S/c1-7(10(14)15)11(2)9(13)8-5-4-6-12(8)18(3,16)17/h7-8H,4-6H2,1-3H3,(H,14,15)/t7-,8-/m0/s1. The molecule has 1 saturated heterocycles. The number of sulfonamides is 1. The summed E-state index contributed by atoms with van der Waals surface area (Å²) >= 11 is 0. The first-order chi connectivity index (χ1) is 8.16. The summed E-state index contributed by atoms with van der Waals surface area (Å²) < 4.78 is 24.2. The molecule has 1 heterocycles. The van der Waals surface area contributed by atoms with Gasteiger partial charge in [-0.05, 0) is 19.8 Å². The van der Waals surface area contributed by atoms with Gasteiger partial charge in [-0.3, -0.25) is 4.79 Å². The number of carboxylic acid groups (broad SMARTS) is 1. The van der Waals surface area contributed by atoms with Crippen LogP contribution in [0.3, 0.4) is 0 Å². The molecule has 0 saturated carbocycles. The Labute approximate surface area is 106 Å². The van der Waals surface area contributed by atoms with Crippen LogP contribution in [0.5, 0.6) is 0 Å². The zero-order valence-electron chi connectivity index (χ0n) is 10.7. The van der Waals surface area contributed by atoms with Crippen LogP contribution in [0.15, 0.2) is 0 Å². The summed E-state index contributed by atoms with van der Waals surface area (Å²) in [6.45, 7) is 1.70. The maximum atomic E-state index is 12.1. The van der Waals surface area contributed by atoms with E-state index in [1.807, 2.05) is 0 Å². The Balaban J connectivity index is 2.87. The second-order valence-corrected chi connectivity index (χ2v) is 6.43. The maximum absolute atomic E-state index is 12.1. The first kappa shape index (κ1) is 14.9. The van der Waals surface area contributed by atoms with Crippen molar-refractivity contribution in [1.82, 2.24) is 9.21 Å². The number of hydrogen-bond acceptors (Lipinski definition) is 4. The topological polar surface area (TPSA) is 95.0 Å². The lowest BCUT2D eigenvalue weighted by atomic mass is 10.2. The molecular formula is C10H18N2O5S. The molecule has 0 aromatic carbocycles. The van der Waals surface area contributed by atoms with E-state index in [0.29, 0.717) is 19.4 Å². The van der Waals surface area contributed by atoms with E-state index in [2.05, 4.69) is 0 Å². The molecule has 0 spiro atoms. The molecule has 8 heteroatoms. The molecular weight excluding hydrogens is 260 g/mol. The van der Waals surface area contributed by atoms with E-state index in [9.17, 15) is 18.0 Å². The van der Waals surface area contributed by atoms with Crippen LogP contribution in [0.1, 0.15) is 19.8 Å². The van der Waals surface area contributed by atoms with Gasteiger partial charge >= 0.3 is 5.97 Å². The van der Waals surface area contributed by atoms with Crippen molar-refractivity contribution in [2.24, 2.45) is 0 Å². The summed E-state index contributed by atoms with van der Waals surface area (Å²) in [5.74, 6) is -1.58. The van der Waals surface area contributed by atoms with Gasteiger partial charge in [0.1, 0.15) is 12.1 Å². The Hall–Kier alpha value is -1.15. The van der Waals surface area contributed by atoms with Gasteiger partial charge in [-0.15, -0.1) is 0 Å². The molecule has 18 heavy (non-hydrogen) atoms. The molecule has 0 radical (unpaired) electrons. The van der Waals surface area contributed by atoms with E-state index in [0.717, 1.165) is 15.5 Å². The maximum Gasteiger partial charge on any atom is 0.326 e. The van der Waals surface area contributed by atoms with Crippen molar-refractivity contribution in [3.8, 4) is 0 Å². The van der Waals surface area contributed by atoms with Gasteiger partial charge in [0.05, 0.1) is 6.26 Å². The molecule has 1 aliphatic heterocycles. The quantitative estimate of drug-likeness (QED) is 0.736. The lowest BCUT2D eigenvalue weighted by Crippen LogP contribution is -2.50. The van der Waals surface area contributed by atoms with Crippen molar-refractivity contribution >= 4 is 21.9 Å². The first-order valence-electron chi connectivity index (χ1n) is 5.62. The third-order valence-electron chi connectivity index (χ3n) is 3.20. The number of carbonyl (C=O) groups is 2. The number of carbonyl (C=O) groups excluding carboxylic acids is 1. The molecule has 1 aliphatic rings. The SMILES string of the molecule is C[C@@H](C(=O)O)N(C)C(=O)[C@@H]1CCCN1S(C)(=O)=O. The number of carboxylic acids is 1. The van der Waals surface area contributed by atoms with E-state index >= 15 is 0 Å². The molecule has 0 aliphatic carbocycles. The third-order valence-corrected chi connectivity index (χ3v) is 4.49. The van der Waals surface area contributed by atoms with E-state index in [-0.39, 0.29) is 0 Å². The Morgan fingerprint density at radius 3 is 2.44 bits per heavy atom. The van der Waals surface area contributed by atoms with Crippen molar-refractivity contribution in [2.75, 3.05) is 19.8 Å². The highest BCUT2D eigenvalue weighted by Crippen LogP contribution is 2.22. The normalized spacial score (nSPS) is 22.7. The molecule has 1 amide bonds. The Bertz CT molecular complexity index is 447. The first-order valence-corrected chi connectivity index (χ1v) is 7.47. The molecule has 2 atom stereocenters. The van der Waals surface area contributed by atoms with Gasteiger partial charge in [0.25, 0.3) is 0 Å². The molecule has 0 bridgehead atoms. The summed E-state index contributed by atoms with van der Waals surface area (Å²) in [6.07, 6.45) is 2.10. The minimum atomic E-state index is -3.44. The summed E-state index contributed by atoms with van der Waals surface area (Å²) in [7, 11) is -2.06. The van der Waals surface area contributed by atoms with Crippen LogP contribution in [0.25, 0.3) is 0 Å². The number of nitrogens with zero attached hydrogens (tertiary/aromatic N) is 2. The van der Waals surface area contributed by atoms with Gasteiger partial charge in [0, 0.05) is 13.6 Å². The lowest BCUT2D eigenvalue weighted by molar-refractivity contribution is -0.149. The third kappa shape index (κ3) is 2.99. The Morgan fingerprint density at radius 1 is 1.44 bits per heavy atom. The van der Waals surface area contributed by atoms with Crippen molar-refractivity contribution in [2.45, 2.75) is 31.8 Å². The van der Waals surface area contributed by atoms with Gasteiger partial charge < -0.3 is 10.0 Å². The largest absolute Gasteiger partial charge is 0.480 e. The van der Waals surface area contributed by atoms with Crippen molar-refractivity contribution in [1.29, 1.82) is 0 Å². The summed E-state index contributed by atoms with van der Waals surface area (Å²) in [6, 6.07) is -1.74. The second-order valence-electron chi connectivity index (χ2n) is 4.50. The number of aliphatic carboxylic acids is 1. The highest BCUT2D eigenvalue weighted by Gasteiger charge is 2.39. The van der Waals surface area contributed by atoms with Crippen LogP contribution in [-0.2, 0) is 19.6 Å². The fraction of sp³-hybridized carbons (Fsp3) is 0.800. The van der Waals surface area contributed by atoms with E-state index in [1.54, 1.807) is 0 Å². The van der Waals surface area contributed by atoms with Gasteiger partial charge in [0.2, 0.25) is 15.9 Å². The lowest BCUT2D eigenvalue weighted by Gasteiger charge is -2.28. The van der Waals surface area contributed by atoms with E-state index in [1.165, 1.54) is 14.0 Å². The van der Waals surface area contributed by atoms with Gasteiger partial charge in [0.15, 0.2) is 0 Å². The molecule has 0 aromatic rings. The summed E-state index contributed by atoms with van der Waals surface area (Å²) in [5, 5.41) is 8.84. The minimum Gasteiger partial charge on any atom is -0.480 e. The van der Waals surface area contributed by atoms with Crippen LogP contribution in [0, 0.1) is 0 Å². The Morgan fingerprint density at radius 2 is 2.00 bits per heavy atom. The van der Waals surface area contributed by atoms with Crippen LogP contribution in [0.4, 0.5) is 0 Å². The zero-order chi connectivity index (χ0) is 14.1. The fourth-order valence-electron chi connectivity index (χ4n) is 1.98. The molecule has 1 rings (SSSR count). The molecule has 0 aromatic heterocycles. The number of rotatable bonds is 4. The summed E-state index contributed by atoms with van der Waals surface area (Å²) in [5.41, 5.74) is 0. The highest BCUT2D eigenvalue weighted by atomic mass is 32.2. The Kier molecular flexibility index (Phi) is 4.33. The monoisotopic (exact) mass is 278 g/mol. The predicted molar refractivity (Wildman–Crippen MR) is 64.4 cm³/mol. The van der Waals surface area contributed by atoms with Crippen LogP contribution in [-0.4, -0.2) is 66.5 Å². The average molecular weight is 278 g/mol. The van der Waals surface area contributed by atoms with Crippen LogP contribution < -0.4 is 0 Å². The average Bonchev–Trinajstić information content (AvgIpc) is 2.74. The molecule has 7 nitrogen and oxygen atoms in total. The van der Waals surface area contributed by atoms with Crippen LogP contribution in [0.2, 0.25) is 0 Å². The highest BCUT2D eigenvalue weighted by molar-refractivity contribution is 7.88. The molecule has 0 unspecified atom stereocenters. The van der Waals surface area contributed by atoms with Gasteiger partial charge in [-0.25, -0.2) is 13.2 Å². The van der Waals surface area contributed by atoms with Crippen molar-refractivity contribution < 1.29 is 23.1 Å². The molecule has 1 N–H and O–H groups in total. The van der Waals surface area contributed by atoms with Gasteiger partial charge in [-0.2, -0.15) is 4.31 Å². The smallest absolute Gasteiger partial charge is 0.326 e. The second kappa shape index (κ2) is 5.23. The van der Waals surface area contributed by atoms with Crippen LogP contribution >= 0.6 is 0 Å². The predicted octanol–water partition coefficient (Wildman–Crippen LogP) is -0.658. The fourth-order valence-corrected chi connectivity index (χ4v) is 3.09. The van der Waals surface area contributed by atoms with Crippen molar-refractivity contribution in [3.63, 3.8) is 0 Å². The molecule has 104 valence electrons.